The molecule has 6 heteroatoms. The van der Waals surface area contributed by atoms with Crippen LogP contribution in [0.5, 0.6) is 11.5 Å². The van der Waals surface area contributed by atoms with Crippen LogP contribution in [0.4, 0.5) is 0 Å². The van der Waals surface area contributed by atoms with Crippen molar-refractivity contribution in [3.8, 4) is 11.5 Å². The number of carboxylic acid groups (broad SMARTS) is 1. The van der Waals surface area contributed by atoms with Crippen molar-refractivity contribution in [2.45, 2.75) is 0 Å². The molecule has 0 heterocycles. The van der Waals surface area contributed by atoms with E-state index in [1.165, 1.54) is 6.07 Å². The summed E-state index contributed by atoms with van der Waals surface area (Å²) in [7, 11) is 0. The van der Waals surface area contributed by atoms with Crippen molar-refractivity contribution in [3.63, 3.8) is 0 Å². The van der Waals surface area contributed by atoms with Crippen molar-refractivity contribution in [2.24, 2.45) is 0 Å². The number of aliphatic hydroxyl groups is 2. The molecule has 0 aromatic heterocycles. The Bertz CT molecular complexity index is 637. The number of aliphatic hydroxyl groups excluding tert-OH is 2. The number of ether oxygens (including phenoxy) is 2. The summed E-state index contributed by atoms with van der Waals surface area (Å²) >= 11 is 0. The zero-order valence-corrected chi connectivity index (χ0v) is 11.3. The lowest BCUT2D eigenvalue weighted by molar-refractivity contribution is 0.0691. The molecule has 0 aliphatic rings. The minimum Gasteiger partial charge on any atom is -0.491 e. The van der Waals surface area contributed by atoms with Gasteiger partial charge in [-0.3, -0.25) is 0 Å². The summed E-state index contributed by atoms with van der Waals surface area (Å²) in [5.41, 5.74) is 0.0416. The molecule has 2 rings (SSSR count). The fraction of sp³-hybridized carbons (Fsp3) is 0.267. The Morgan fingerprint density at radius 1 is 1.00 bits per heavy atom. The van der Waals surface area contributed by atoms with Gasteiger partial charge in [-0.15, -0.1) is 0 Å². The molecule has 0 aliphatic carbocycles. The zero-order valence-electron chi connectivity index (χ0n) is 11.3. The van der Waals surface area contributed by atoms with E-state index in [0.29, 0.717) is 11.1 Å². The van der Waals surface area contributed by atoms with Gasteiger partial charge in [-0.25, -0.2) is 4.79 Å². The Morgan fingerprint density at radius 3 is 2.38 bits per heavy atom. The second kappa shape index (κ2) is 6.92. The van der Waals surface area contributed by atoms with Crippen molar-refractivity contribution < 1.29 is 29.6 Å². The Kier molecular flexibility index (Phi) is 4.97. The third-order valence-corrected chi connectivity index (χ3v) is 2.87. The minimum absolute atomic E-state index is 0.0160. The number of fused-ring (bicyclic) bond motifs is 1. The molecule has 0 atom stereocenters. The van der Waals surface area contributed by atoms with E-state index in [2.05, 4.69) is 0 Å². The summed E-state index contributed by atoms with van der Waals surface area (Å²) in [4.78, 5) is 11.2. The predicted molar refractivity (Wildman–Crippen MR) is 76.1 cm³/mol. The van der Waals surface area contributed by atoms with Gasteiger partial charge in [-0.1, -0.05) is 6.07 Å². The van der Waals surface area contributed by atoms with Gasteiger partial charge in [0.2, 0.25) is 0 Å². The average Bonchev–Trinajstić information content (AvgIpc) is 2.49. The Hall–Kier alpha value is -2.31. The zero-order chi connectivity index (χ0) is 15.2. The van der Waals surface area contributed by atoms with Crippen LogP contribution in [0.25, 0.3) is 10.8 Å². The van der Waals surface area contributed by atoms with Crippen molar-refractivity contribution in [1.29, 1.82) is 0 Å². The van der Waals surface area contributed by atoms with Gasteiger partial charge >= 0.3 is 5.97 Å². The molecule has 2 aromatic rings. The van der Waals surface area contributed by atoms with Crippen LogP contribution in [0.3, 0.4) is 0 Å². The quantitative estimate of drug-likeness (QED) is 0.711. The molecule has 3 N–H and O–H groups in total. The van der Waals surface area contributed by atoms with Crippen LogP contribution >= 0.6 is 0 Å². The van der Waals surface area contributed by atoms with Gasteiger partial charge in [0.1, 0.15) is 30.3 Å². The van der Waals surface area contributed by atoms with Gasteiger partial charge < -0.3 is 24.8 Å². The van der Waals surface area contributed by atoms with Crippen LogP contribution in [0.2, 0.25) is 0 Å². The van der Waals surface area contributed by atoms with Gasteiger partial charge in [0.15, 0.2) is 0 Å². The summed E-state index contributed by atoms with van der Waals surface area (Å²) in [5, 5.41) is 28.2. The smallest absolute Gasteiger partial charge is 0.339 e. The molecule has 6 nitrogen and oxygen atoms in total. The molecule has 0 spiro atoms. The minimum atomic E-state index is -1.09. The molecule has 0 bridgehead atoms. The Balaban J connectivity index is 2.47. The van der Waals surface area contributed by atoms with E-state index in [9.17, 15) is 9.90 Å². The molecule has 112 valence electrons. The fourth-order valence-electron chi connectivity index (χ4n) is 2.00. The molecule has 21 heavy (non-hydrogen) atoms. The summed E-state index contributed by atoms with van der Waals surface area (Å²) in [6.45, 7) is -0.0806. The first-order valence-corrected chi connectivity index (χ1v) is 6.44. The third-order valence-electron chi connectivity index (χ3n) is 2.87. The molecule has 0 unspecified atom stereocenters. The van der Waals surface area contributed by atoms with E-state index in [1.54, 1.807) is 24.3 Å². The maximum atomic E-state index is 11.2. The number of hydrogen-bond donors (Lipinski definition) is 3. The number of carbonyl (C=O) groups is 1. The highest BCUT2D eigenvalue weighted by Crippen LogP contribution is 2.32. The van der Waals surface area contributed by atoms with Gasteiger partial charge in [0.25, 0.3) is 0 Å². The summed E-state index contributed by atoms with van der Waals surface area (Å²) in [6.07, 6.45) is 0. The lowest BCUT2D eigenvalue weighted by Crippen LogP contribution is -2.07. The number of carboxylic acids is 1. The van der Waals surface area contributed by atoms with Crippen LogP contribution in [-0.4, -0.2) is 47.7 Å². The van der Waals surface area contributed by atoms with Crippen LogP contribution in [0, 0.1) is 0 Å². The average molecular weight is 292 g/mol. The molecule has 0 saturated carbocycles. The maximum absolute atomic E-state index is 11.2. The van der Waals surface area contributed by atoms with Crippen molar-refractivity contribution in [1.82, 2.24) is 0 Å². The SMILES string of the molecule is O=C(O)c1ccc2cc(OCCO)ccc2c1OCCO. The first-order chi connectivity index (χ1) is 10.2. The molecule has 0 aliphatic heterocycles. The first kappa shape index (κ1) is 15.1. The lowest BCUT2D eigenvalue weighted by Gasteiger charge is -2.12. The van der Waals surface area contributed by atoms with E-state index in [4.69, 9.17) is 19.7 Å². The van der Waals surface area contributed by atoms with Crippen molar-refractivity contribution in [2.75, 3.05) is 26.4 Å². The largest absolute Gasteiger partial charge is 0.491 e. The number of aromatic carboxylic acids is 1. The molecular weight excluding hydrogens is 276 g/mol. The van der Waals surface area contributed by atoms with Gasteiger partial charge in [-0.2, -0.15) is 0 Å². The second-order valence-electron chi connectivity index (χ2n) is 4.27. The number of hydrogen-bond acceptors (Lipinski definition) is 5. The van der Waals surface area contributed by atoms with Gasteiger partial charge in [0, 0.05) is 5.39 Å². The monoisotopic (exact) mass is 292 g/mol. The van der Waals surface area contributed by atoms with E-state index < -0.39 is 5.97 Å². The van der Waals surface area contributed by atoms with E-state index in [0.717, 1.165) is 5.39 Å². The third kappa shape index (κ3) is 3.42. The van der Waals surface area contributed by atoms with Crippen LogP contribution in [-0.2, 0) is 0 Å². The highest BCUT2D eigenvalue weighted by Gasteiger charge is 2.15. The Labute approximate surface area is 121 Å². The second-order valence-corrected chi connectivity index (χ2v) is 4.27. The van der Waals surface area contributed by atoms with Crippen molar-refractivity contribution in [3.05, 3.63) is 35.9 Å². The highest BCUT2D eigenvalue weighted by atomic mass is 16.5. The molecular formula is C15H16O6. The molecule has 0 saturated heterocycles. The van der Waals surface area contributed by atoms with Gasteiger partial charge in [-0.05, 0) is 29.7 Å². The first-order valence-electron chi connectivity index (χ1n) is 6.44. The number of benzene rings is 2. The van der Waals surface area contributed by atoms with Crippen LogP contribution < -0.4 is 9.47 Å². The Morgan fingerprint density at radius 2 is 1.71 bits per heavy atom. The normalized spacial score (nSPS) is 10.6. The molecule has 2 aromatic carbocycles. The maximum Gasteiger partial charge on any atom is 0.339 e. The summed E-state index contributed by atoms with van der Waals surface area (Å²) in [6, 6.07) is 8.22. The summed E-state index contributed by atoms with van der Waals surface area (Å²) in [5.74, 6) is -0.291. The van der Waals surface area contributed by atoms with E-state index >= 15 is 0 Å². The van der Waals surface area contributed by atoms with E-state index in [1.807, 2.05) is 0 Å². The van der Waals surface area contributed by atoms with Crippen LogP contribution in [0.15, 0.2) is 30.3 Å². The van der Waals surface area contributed by atoms with Crippen molar-refractivity contribution >= 4 is 16.7 Å². The molecule has 0 amide bonds. The lowest BCUT2D eigenvalue weighted by atomic mass is 10.0. The van der Waals surface area contributed by atoms with Crippen LogP contribution in [0.1, 0.15) is 10.4 Å². The summed E-state index contributed by atoms with van der Waals surface area (Å²) < 4.78 is 10.7. The topological polar surface area (TPSA) is 96.2 Å². The predicted octanol–water partition coefficient (Wildman–Crippen LogP) is 1.28. The van der Waals surface area contributed by atoms with E-state index in [-0.39, 0.29) is 37.7 Å². The standard InChI is InChI=1S/C15H16O6/c16-5-7-20-11-2-4-12-10(9-11)1-3-13(15(18)19)14(12)21-8-6-17/h1-4,9,16-17H,5-8H2,(H,18,19). The highest BCUT2D eigenvalue weighted by molar-refractivity contribution is 6.00. The van der Waals surface area contributed by atoms with Gasteiger partial charge in [0.05, 0.1) is 13.2 Å². The fourth-order valence-corrected chi connectivity index (χ4v) is 2.00. The molecule has 0 radical (unpaired) electrons. The molecule has 0 fully saturated rings. The number of rotatable bonds is 7.